The van der Waals surface area contributed by atoms with E-state index in [-0.39, 0.29) is 12.1 Å². The lowest BCUT2D eigenvalue weighted by atomic mass is 10.1. The first kappa shape index (κ1) is 8.73. The van der Waals surface area contributed by atoms with Crippen molar-refractivity contribution in [3.8, 4) is 0 Å². The van der Waals surface area contributed by atoms with E-state index < -0.39 is 0 Å². The van der Waals surface area contributed by atoms with Gasteiger partial charge in [0.15, 0.2) is 0 Å². The highest BCUT2D eigenvalue weighted by Gasteiger charge is 2.29. The summed E-state index contributed by atoms with van der Waals surface area (Å²) in [6.45, 7) is 2.96. The third-order valence-corrected chi connectivity index (χ3v) is 2.63. The minimum Gasteiger partial charge on any atom is -0.391 e. The Bertz CT molecular complexity index is 298. The highest BCUT2D eigenvalue weighted by atomic mass is 16.3. The summed E-state index contributed by atoms with van der Waals surface area (Å²) in [5, 5.41) is 13.1. The molecule has 0 unspecified atom stereocenters. The van der Waals surface area contributed by atoms with E-state index in [1.54, 1.807) is 0 Å². The summed E-state index contributed by atoms with van der Waals surface area (Å²) in [7, 11) is 0. The molecule has 0 heterocycles. The number of fused-ring (bicyclic) bond motifs is 1. The van der Waals surface area contributed by atoms with Crippen LogP contribution in [0.2, 0.25) is 0 Å². The molecule has 0 spiro atoms. The van der Waals surface area contributed by atoms with E-state index >= 15 is 0 Å². The minimum absolute atomic E-state index is 0.140. The van der Waals surface area contributed by atoms with Gasteiger partial charge >= 0.3 is 0 Å². The van der Waals surface area contributed by atoms with Crippen molar-refractivity contribution >= 4 is 0 Å². The van der Waals surface area contributed by atoms with Crippen molar-refractivity contribution in [3.63, 3.8) is 0 Å². The molecule has 1 aromatic rings. The predicted octanol–water partition coefficient (Wildman–Crippen LogP) is 1.25. The molecule has 0 amide bonds. The van der Waals surface area contributed by atoms with Crippen LogP contribution >= 0.6 is 0 Å². The van der Waals surface area contributed by atoms with Gasteiger partial charge in [-0.1, -0.05) is 31.2 Å². The molecule has 2 atom stereocenters. The van der Waals surface area contributed by atoms with Crippen LogP contribution in [-0.4, -0.2) is 17.8 Å². The summed E-state index contributed by atoms with van der Waals surface area (Å²) < 4.78 is 0. The van der Waals surface area contributed by atoms with Crippen molar-refractivity contribution in [1.29, 1.82) is 0 Å². The second kappa shape index (κ2) is 3.48. The molecular formula is C11H15NO. The van der Waals surface area contributed by atoms with Gasteiger partial charge in [0.1, 0.15) is 0 Å². The van der Waals surface area contributed by atoms with Gasteiger partial charge in [0, 0.05) is 6.42 Å². The number of aliphatic hydroxyl groups is 1. The molecule has 0 saturated heterocycles. The molecule has 1 aliphatic carbocycles. The Morgan fingerprint density at radius 2 is 2.23 bits per heavy atom. The standard InChI is InChI=1S/C11H15NO/c1-2-12-11-9-6-4-3-5-8(9)7-10(11)13/h3-6,10-13H,2,7H2,1H3/t10-,11-/m1/s1. The van der Waals surface area contributed by atoms with Gasteiger partial charge in [-0.2, -0.15) is 0 Å². The molecule has 0 saturated carbocycles. The summed E-state index contributed by atoms with van der Waals surface area (Å²) in [5.41, 5.74) is 2.54. The Morgan fingerprint density at radius 1 is 1.46 bits per heavy atom. The van der Waals surface area contributed by atoms with Crippen LogP contribution in [0.5, 0.6) is 0 Å². The van der Waals surface area contributed by atoms with E-state index in [1.807, 2.05) is 12.1 Å². The topological polar surface area (TPSA) is 32.3 Å². The lowest BCUT2D eigenvalue weighted by Crippen LogP contribution is -2.28. The smallest absolute Gasteiger partial charge is 0.0775 e. The molecule has 0 bridgehead atoms. The molecule has 0 radical (unpaired) electrons. The Labute approximate surface area is 78.6 Å². The quantitative estimate of drug-likeness (QED) is 0.712. The molecular weight excluding hydrogens is 162 g/mol. The minimum atomic E-state index is -0.252. The van der Waals surface area contributed by atoms with Gasteiger partial charge in [-0.05, 0) is 17.7 Å². The summed E-state index contributed by atoms with van der Waals surface area (Å²) in [6, 6.07) is 8.39. The maximum absolute atomic E-state index is 9.78. The average Bonchev–Trinajstić information content (AvgIpc) is 2.44. The van der Waals surface area contributed by atoms with Gasteiger partial charge < -0.3 is 10.4 Å². The highest BCUT2D eigenvalue weighted by molar-refractivity contribution is 5.36. The first-order valence-electron chi connectivity index (χ1n) is 4.82. The van der Waals surface area contributed by atoms with Crippen molar-refractivity contribution in [2.45, 2.75) is 25.5 Å². The van der Waals surface area contributed by atoms with Crippen molar-refractivity contribution < 1.29 is 5.11 Å². The van der Waals surface area contributed by atoms with E-state index in [9.17, 15) is 5.11 Å². The average molecular weight is 177 g/mol. The number of nitrogens with one attached hydrogen (secondary N) is 1. The van der Waals surface area contributed by atoms with Crippen molar-refractivity contribution in [3.05, 3.63) is 35.4 Å². The van der Waals surface area contributed by atoms with Crippen LogP contribution in [0.25, 0.3) is 0 Å². The molecule has 2 nitrogen and oxygen atoms in total. The molecule has 70 valence electrons. The predicted molar refractivity (Wildman–Crippen MR) is 52.6 cm³/mol. The van der Waals surface area contributed by atoms with Crippen LogP contribution in [-0.2, 0) is 6.42 Å². The zero-order valence-electron chi connectivity index (χ0n) is 7.83. The maximum Gasteiger partial charge on any atom is 0.0775 e. The Balaban J connectivity index is 2.29. The highest BCUT2D eigenvalue weighted by Crippen LogP contribution is 2.30. The van der Waals surface area contributed by atoms with Crippen LogP contribution < -0.4 is 5.32 Å². The van der Waals surface area contributed by atoms with Gasteiger partial charge in [-0.3, -0.25) is 0 Å². The van der Waals surface area contributed by atoms with E-state index in [2.05, 4.69) is 24.4 Å². The molecule has 0 fully saturated rings. The number of aliphatic hydroxyl groups excluding tert-OH is 1. The third kappa shape index (κ3) is 1.47. The normalized spacial score (nSPS) is 26.0. The van der Waals surface area contributed by atoms with Crippen LogP contribution in [0.1, 0.15) is 24.1 Å². The number of hydrogen-bond donors (Lipinski definition) is 2. The third-order valence-electron chi connectivity index (χ3n) is 2.63. The lowest BCUT2D eigenvalue weighted by molar-refractivity contribution is 0.142. The summed E-state index contributed by atoms with van der Waals surface area (Å²) in [5.74, 6) is 0. The second-order valence-corrected chi connectivity index (χ2v) is 3.51. The second-order valence-electron chi connectivity index (χ2n) is 3.51. The number of rotatable bonds is 2. The van der Waals surface area contributed by atoms with Crippen LogP contribution in [0.4, 0.5) is 0 Å². The van der Waals surface area contributed by atoms with Gasteiger partial charge in [0.05, 0.1) is 12.1 Å². The first-order valence-corrected chi connectivity index (χ1v) is 4.82. The fourth-order valence-electron chi connectivity index (χ4n) is 2.04. The summed E-state index contributed by atoms with van der Waals surface area (Å²) >= 11 is 0. The molecule has 1 aliphatic rings. The van der Waals surface area contributed by atoms with E-state index in [0.29, 0.717) is 0 Å². The molecule has 1 aromatic carbocycles. The first-order chi connectivity index (χ1) is 6.33. The molecule has 13 heavy (non-hydrogen) atoms. The van der Waals surface area contributed by atoms with Gasteiger partial charge in [-0.15, -0.1) is 0 Å². The molecule has 0 aliphatic heterocycles. The molecule has 2 rings (SSSR count). The van der Waals surface area contributed by atoms with Crippen LogP contribution in [0.3, 0.4) is 0 Å². The fraction of sp³-hybridized carbons (Fsp3) is 0.455. The van der Waals surface area contributed by atoms with Crippen LogP contribution in [0.15, 0.2) is 24.3 Å². The summed E-state index contributed by atoms with van der Waals surface area (Å²) in [6.07, 6.45) is 0.533. The SMILES string of the molecule is CCN[C@@H]1c2ccccc2C[C@H]1O. The van der Waals surface area contributed by atoms with E-state index in [4.69, 9.17) is 0 Å². The van der Waals surface area contributed by atoms with E-state index in [0.717, 1.165) is 13.0 Å². The van der Waals surface area contributed by atoms with E-state index in [1.165, 1.54) is 11.1 Å². The Hall–Kier alpha value is -0.860. The zero-order chi connectivity index (χ0) is 9.26. The number of likely N-dealkylation sites (N-methyl/N-ethyl adjacent to an activating group) is 1. The van der Waals surface area contributed by atoms with Gasteiger partial charge in [0.2, 0.25) is 0 Å². The summed E-state index contributed by atoms with van der Waals surface area (Å²) in [4.78, 5) is 0. The number of hydrogen-bond acceptors (Lipinski definition) is 2. The van der Waals surface area contributed by atoms with Crippen LogP contribution in [0, 0.1) is 0 Å². The molecule has 0 aromatic heterocycles. The fourth-order valence-corrected chi connectivity index (χ4v) is 2.04. The van der Waals surface area contributed by atoms with Gasteiger partial charge in [-0.25, -0.2) is 0 Å². The maximum atomic E-state index is 9.78. The zero-order valence-corrected chi connectivity index (χ0v) is 7.83. The monoisotopic (exact) mass is 177 g/mol. The van der Waals surface area contributed by atoms with Crippen molar-refractivity contribution in [1.82, 2.24) is 5.32 Å². The molecule has 2 N–H and O–H groups in total. The van der Waals surface area contributed by atoms with Crippen molar-refractivity contribution in [2.24, 2.45) is 0 Å². The van der Waals surface area contributed by atoms with Crippen molar-refractivity contribution in [2.75, 3.05) is 6.54 Å². The van der Waals surface area contributed by atoms with Gasteiger partial charge in [0.25, 0.3) is 0 Å². The lowest BCUT2D eigenvalue weighted by Gasteiger charge is -2.16. The Morgan fingerprint density at radius 3 is 3.00 bits per heavy atom. The number of benzene rings is 1. The molecule has 2 heteroatoms. The Kier molecular flexibility index (Phi) is 2.34. The largest absolute Gasteiger partial charge is 0.391 e.